The maximum Gasteiger partial charge on any atom is 0.274 e. The van der Waals surface area contributed by atoms with Gasteiger partial charge in [-0.2, -0.15) is 5.10 Å². The highest BCUT2D eigenvalue weighted by Crippen LogP contribution is 2.20. The lowest BCUT2D eigenvalue weighted by Gasteiger charge is -2.14. The van der Waals surface area contributed by atoms with E-state index in [1.165, 1.54) is 0 Å². The first-order valence-electron chi connectivity index (χ1n) is 8.23. The van der Waals surface area contributed by atoms with E-state index in [1.807, 2.05) is 18.2 Å². The number of hydrogen-bond acceptors (Lipinski definition) is 5. The molecule has 1 aromatic carbocycles. The second-order valence-electron chi connectivity index (χ2n) is 6.29. The number of fused-ring (bicyclic) bond motifs is 1. The number of nitrogens with zero attached hydrogens (tertiary/aromatic N) is 3. The highest BCUT2D eigenvalue weighted by molar-refractivity contribution is 6.03. The molecular weight excluding hydrogens is 318 g/mol. The Labute approximate surface area is 145 Å². The summed E-state index contributed by atoms with van der Waals surface area (Å²) in [5.74, 6) is 0.405. The van der Waals surface area contributed by atoms with Crippen LogP contribution in [0.15, 0.2) is 42.7 Å². The number of benzene rings is 1. The van der Waals surface area contributed by atoms with Gasteiger partial charge in [-0.1, -0.05) is 0 Å². The molecule has 0 bridgehead atoms. The van der Waals surface area contributed by atoms with E-state index in [1.54, 1.807) is 24.5 Å². The molecule has 3 heterocycles. The van der Waals surface area contributed by atoms with Gasteiger partial charge in [-0.25, -0.2) is 0 Å². The molecule has 0 aliphatic carbocycles. The Balaban J connectivity index is 1.46. The number of aromatic amines is 1. The third kappa shape index (κ3) is 3.46. The summed E-state index contributed by atoms with van der Waals surface area (Å²) < 4.78 is 5.96. The van der Waals surface area contributed by atoms with Crippen LogP contribution >= 0.6 is 0 Å². The second kappa shape index (κ2) is 6.52. The van der Waals surface area contributed by atoms with Gasteiger partial charge in [0, 0.05) is 36.4 Å². The standard InChI is InChI=1S/C18H19N5O2/c1-23-7-5-15(11-23)25-14-4-6-19-17(9-14)18(24)21-13-2-3-16-12(8-13)10-20-22-16/h2-4,6,8-10,15H,5,7,11H2,1H3,(H,20,22)(H,21,24)/t15-/m0/s1. The Morgan fingerprint density at radius 2 is 2.28 bits per heavy atom. The number of carbonyl (C=O) groups excluding carboxylic acids is 1. The zero-order valence-electron chi connectivity index (χ0n) is 13.9. The molecular formula is C18H19N5O2. The number of pyridine rings is 1. The van der Waals surface area contributed by atoms with Gasteiger partial charge in [0.15, 0.2) is 0 Å². The Hall–Kier alpha value is -2.93. The van der Waals surface area contributed by atoms with Crippen molar-refractivity contribution in [3.63, 3.8) is 0 Å². The lowest BCUT2D eigenvalue weighted by Crippen LogP contribution is -2.21. The number of likely N-dealkylation sites (tertiary alicyclic amines) is 1. The van der Waals surface area contributed by atoms with Crippen LogP contribution in [0.5, 0.6) is 5.75 Å². The SMILES string of the molecule is CN1CC[C@H](Oc2ccnc(C(=O)Nc3ccc4[nH]ncc4c3)c2)C1. The van der Waals surface area contributed by atoms with Crippen molar-refractivity contribution in [2.75, 3.05) is 25.5 Å². The maximum atomic E-state index is 12.5. The van der Waals surface area contributed by atoms with E-state index in [2.05, 4.69) is 32.4 Å². The summed E-state index contributed by atoms with van der Waals surface area (Å²) in [6.07, 6.45) is 4.47. The number of nitrogens with one attached hydrogen (secondary N) is 2. The van der Waals surface area contributed by atoms with Gasteiger partial charge in [-0.15, -0.1) is 0 Å². The molecule has 1 saturated heterocycles. The molecule has 0 unspecified atom stereocenters. The largest absolute Gasteiger partial charge is 0.489 e. The molecule has 2 N–H and O–H groups in total. The lowest BCUT2D eigenvalue weighted by molar-refractivity contribution is 0.102. The van der Waals surface area contributed by atoms with Crippen molar-refractivity contribution in [2.45, 2.75) is 12.5 Å². The van der Waals surface area contributed by atoms with E-state index >= 15 is 0 Å². The normalized spacial score (nSPS) is 17.7. The van der Waals surface area contributed by atoms with Crippen LogP contribution in [-0.2, 0) is 0 Å². The fourth-order valence-electron chi connectivity index (χ4n) is 3.01. The number of aromatic nitrogens is 3. The van der Waals surface area contributed by atoms with Gasteiger partial charge in [-0.05, 0) is 37.7 Å². The minimum absolute atomic E-state index is 0.159. The predicted molar refractivity (Wildman–Crippen MR) is 94.8 cm³/mol. The first kappa shape index (κ1) is 15.6. The van der Waals surface area contributed by atoms with Crippen molar-refractivity contribution >= 4 is 22.5 Å². The van der Waals surface area contributed by atoms with Crippen molar-refractivity contribution < 1.29 is 9.53 Å². The summed E-state index contributed by atoms with van der Waals surface area (Å²) in [7, 11) is 2.08. The number of anilines is 1. The molecule has 25 heavy (non-hydrogen) atoms. The molecule has 3 aromatic rings. The Kier molecular flexibility index (Phi) is 4.07. The summed E-state index contributed by atoms with van der Waals surface area (Å²) in [6, 6.07) is 9.04. The third-order valence-electron chi connectivity index (χ3n) is 4.31. The summed E-state index contributed by atoms with van der Waals surface area (Å²) in [5.41, 5.74) is 1.95. The van der Waals surface area contributed by atoms with E-state index in [0.717, 1.165) is 30.4 Å². The lowest BCUT2D eigenvalue weighted by atomic mass is 10.2. The van der Waals surface area contributed by atoms with Gasteiger partial charge in [0.1, 0.15) is 17.5 Å². The summed E-state index contributed by atoms with van der Waals surface area (Å²) in [6.45, 7) is 1.92. The topological polar surface area (TPSA) is 83.1 Å². The number of likely N-dealkylation sites (N-methyl/N-ethyl adjacent to an activating group) is 1. The average molecular weight is 337 g/mol. The molecule has 7 heteroatoms. The van der Waals surface area contributed by atoms with Gasteiger partial charge < -0.3 is 15.0 Å². The summed E-state index contributed by atoms with van der Waals surface area (Å²) >= 11 is 0. The van der Waals surface area contributed by atoms with E-state index in [4.69, 9.17) is 4.74 Å². The van der Waals surface area contributed by atoms with Crippen molar-refractivity contribution in [3.8, 4) is 5.75 Å². The van der Waals surface area contributed by atoms with Gasteiger partial charge >= 0.3 is 0 Å². The molecule has 4 rings (SSSR count). The summed E-state index contributed by atoms with van der Waals surface area (Å²) in [5, 5.41) is 10.7. The van der Waals surface area contributed by atoms with Crippen LogP contribution in [0.4, 0.5) is 5.69 Å². The number of ether oxygens (including phenoxy) is 1. The third-order valence-corrected chi connectivity index (χ3v) is 4.31. The number of hydrogen-bond donors (Lipinski definition) is 2. The second-order valence-corrected chi connectivity index (χ2v) is 6.29. The number of H-pyrrole nitrogens is 1. The fourth-order valence-corrected chi connectivity index (χ4v) is 3.01. The highest BCUT2D eigenvalue weighted by atomic mass is 16.5. The van der Waals surface area contributed by atoms with Crippen molar-refractivity contribution in [1.29, 1.82) is 0 Å². The van der Waals surface area contributed by atoms with Crippen molar-refractivity contribution in [3.05, 3.63) is 48.4 Å². The average Bonchev–Trinajstić information content (AvgIpc) is 3.23. The Morgan fingerprint density at radius 3 is 3.12 bits per heavy atom. The smallest absolute Gasteiger partial charge is 0.274 e. The van der Waals surface area contributed by atoms with Crippen LogP contribution < -0.4 is 10.1 Å². The summed E-state index contributed by atoms with van der Waals surface area (Å²) in [4.78, 5) is 18.9. The van der Waals surface area contributed by atoms with Crippen LogP contribution in [0.3, 0.4) is 0 Å². The number of rotatable bonds is 4. The monoisotopic (exact) mass is 337 g/mol. The van der Waals surface area contributed by atoms with Crippen LogP contribution in [-0.4, -0.2) is 52.2 Å². The molecule has 0 radical (unpaired) electrons. The predicted octanol–water partition coefficient (Wildman–Crippen LogP) is 2.29. The highest BCUT2D eigenvalue weighted by Gasteiger charge is 2.21. The van der Waals surface area contributed by atoms with Gasteiger partial charge in [0.05, 0.1) is 11.7 Å². The molecule has 7 nitrogen and oxygen atoms in total. The van der Waals surface area contributed by atoms with Crippen LogP contribution in [0, 0.1) is 0 Å². The molecule has 1 aliphatic rings. The molecule has 1 atom stereocenters. The van der Waals surface area contributed by atoms with Crippen molar-refractivity contribution in [2.24, 2.45) is 0 Å². The number of carbonyl (C=O) groups is 1. The van der Waals surface area contributed by atoms with E-state index in [9.17, 15) is 4.79 Å². The Morgan fingerprint density at radius 1 is 1.36 bits per heavy atom. The maximum absolute atomic E-state index is 12.5. The fraction of sp³-hybridized carbons (Fsp3) is 0.278. The van der Waals surface area contributed by atoms with E-state index < -0.39 is 0 Å². The molecule has 1 aliphatic heterocycles. The molecule has 2 aromatic heterocycles. The van der Waals surface area contributed by atoms with Crippen LogP contribution in [0.2, 0.25) is 0 Å². The van der Waals surface area contributed by atoms with E-state index in [0.29, 0.717) is 17.1 Å². The molecule has 128 valence electrons. The number of amides is 1. The van der Waals surface area contributed by atoms with E-state index in [-0.39, 0.29) is 12.0 Å². The van der Waals surface area contributed by atoms with Crippen LogP contribution in [0.1, 0.15) is 16.9 Å². The molecule has 1 amide bonds. The first-order valence-corrected chi connectivity index (χ1v) is 8.23. The van der Waals surface area contributed by atoms with Crippen LogP contribution in [0.25, 0.3) is 10.9 Å². The molecule has 0 saturated carbocycles. The van der Waals surface area contributed by atoms with Gasteiger partial charge in [-0.3, -0.25) is 14.9 Å². The zero-order valence-corrected chi connectivity index (χ0v) is 13.9. The Bertz CT molecular complexity index is 907. The molecule has 1 fully saturated rings. The minimum atomic E-state index is -0.267. The molecule has 0 spiro atoms. The van der Waals surface area contributed by atoms with Gasteiger partial charge in [0.25, 0.3) is 5.91 Å². The quantitative estimate of drug-likeness (QED) is 0.763. The van der Waals surface area contributed by atoms with Gasteiger partial charge in [0.2, 0.25) is 0 Å². The van der Waals surface area contributed by atoms with Crippen molar-refractivity contribution in [1.82, 2.24) is 20.1 Å². The first-order chi connectivity index (χ1) is 12.2. The zero-order chi connectivity index (χ0) is 17.2. The minimum Gasteiger partial charge on any atom is -0.489 e.